The van der Waals surface area contributed by atoms with Crippen molar-refractivity contribution in [2.45, 2.75) is 63.8 Å². The molecule has 0 aromatic heterocycles. The number of allylic oxidation sites excluding steroid dienone is 3. The Balaban J connectivity index is 1.54. The predicted octanol–water partition coefficient (Wildman–Crippen LogP) is 4.13. The van der Waals surface area contributed by atoms with Gasteiger partial charge in [-0.15, -0.1) is 0 Å². The number of hydrogen-bond donors (Lipinski definition) is 1. The fourth-order valence-electron chi connectivity index (χ4n) is 7.14. The third-order valence-electron chi connectivity index (χ3n) is 8.94. The SMILES string of the molecule is Cc1ccc(S(=O)(=O)N[C@H]2C[C@@H]3[C@H](CC[C@]4(C)C(=O)CC[C@@H]34)[C@@]3(C)C=CC(=O)C=C23)cc1. The van der Waals surface area contributed by atoms with Gasteiger partial charge in [-0.3, -0.25) is 9.59 Å². The molecule has 0 heterocycles. The molecule has 4 aliphatic rings. The molecule has 32 heavy (non-hydrogen) atoms. The molecule has 0 saturated heterocycles. The van der Waals surface area contributed by atoms with Crippen molar-refractivity contribution < 1.29 is 18.0 Å². The summed E-state index contributed by atoms with van der Waals surface area (Å²) in [7, 11) is -3.75. The standard InChI is InChI=1S/C26H31NO4S/c1-16-4-6-18(7-5-16)32(30,31)27-23-15-19-20-8-9-24(29)26(20,3)13-11-21(19)25(2)12-10-17(28)14-22(23)25/h4-7,10,12,14,19-21,23,27H,8-9,11,13,15H2,1-3H3/t19-,20-,21-,23-,25+,26-/m0/s1. The predicted molar refractivity (Wildman–Crippen MR) is 122 cm³/mol. The molecular weight excluding hydrogens is 422 g/mol. The van der Waals surface area contributed by atoms with Crippen LogP contribution in [0.2, 0.25) is 0 Å². The molecule has 1 aromatic rings. The lowest BCUT2D eigenvalue weighted by atomic mass is 9.47. The van der Waals surface area contributed by atoms with E-state index < -0.39 is 16.1 Å². The number of carbonyl (C=O) groups is 2. The van der Waals surface area contributed by atoms with E-state index in [0.717, 1.165) is 30.4 Å². The summed E-state index contributed by atoms with van der Waals surface area (Å²) in [6, 6.07) is 6.36. The van der Waals surface area contributed by atoms with Crippen LogP contribution in [0.15, 0.2) is 53.0 Å². The highest BCUT2D eigenvalue weighted by Crippen LogP contribution is 2.63. The Bertz CT molecular complexity index is 1150. The molecule has 5 nitrogen and oxygen atoms in total. The lowest BCUT2D eigenvalue weighted by Crippen LogP contribution is -2.56. The molecule has 0 aliphatic heterocycles. The van der Waals surface area contributed by atoms with Crippen LogP contribution in [0, 0.1) is 35.5 Å². The van der Waals surface area contributed by atoms with Gasteiger partial charge in [-0.2, -0.15) is 0 Å². The molecular formula is C26H31NO4S. The molecule has 1 aromatic carbocycles. The van der Waals surface area contributed by atoms with E-state index in [-0.39, 0.29) is 33.3 Å². The van der Waals surface area contributed by atoms with Gasteiger partial charge >= 0.3 is 0 Å². The molecule has 6 heteroatoms. The smallest absolute Gasteiger partial charge is 0.241 e. The molecule has 0 radical (unpaired) electrons. The Hall–Kier alpha value is -2.05. The van der Waals surface area contributed by atoms with Gasteiger partial charge < -0.3 is 0 Å². The summed E-state index contributed by atoms with van der Waals surface area (Å²) in [4.78, 5) is 25.3. The van der Waals surface area contributed by atoms with Gasteiger partial charge in [0, 0.05) is 23.3 Å². The second-order valence-electron chi connectivity index (χ2n) is 10.6. The number of sulfonamides is 1. The lowest BCUT2D eigenvalue weighted by Gasteiger charge is -2.57. The summed E-state index contributed by atoms with van der Waals surface area (Å²) in [5.41, 5.74) is 1.18. The van der Waals surface area contributed by atoms with Crippen molar-refractivity contribution in [2.24, 2.45) is 28.6 Å². The van der Waals surface area contributed by atoms with Gasteiger partial charge in [-0.05, 0) is 80.2 Å². The third kappa shape index (κ3) is 3.18. The highest BCUT2D eigenvalue weighted by molar-refractivity contribution is 7.89. The van der Waals surface area contributed by atoms with Crippen LogP contribution in [0.3, 0.4) is 0 Å². The summed E-state index contributed by atoms with van der Waals surface area (Å²) < 4.78 is 29.5. The molecule has 3 fully saturated rings. The number of carbonyl (C=O) groups excluding carboxylic acids is 2. The van der Waals surface area contributed by atoms with Crippen LogP contribution >= 0.6 is 0 Å². The first-order valence-corrected chi connectivity index (χ1v) is 13.1. The van der Waals surface area contributed by atoms with Crippen LogP contribution < -0.4 is 4.72 Å². The zero-order chi connectivity index (χ0) is 22.9. The topological polar surface area (TPSA) is 80.3 Å². The van der Waals surface area contributed by atoms with Crippen molar-refractivity contribution in [3.05, 3.63) is 53.6 Å². The van der Waals surface area contributed by atoms with Crippen molar-refractivity contribution in [1.82, 2.24) is 4.72 Å². The minimum absolute atomic E-state index is 0.0906. The number of fused-ring (bicyclic) bond motifs is 5. The number of hydrogen-bond acceptors (Lipinski definition) is 4. The summed E-state index contributed by atoms with van der Waals surface area (Å²) in [5.74, 6) is 1.09. The molecule has 0 bridgehead atoms. The number of Topliss-reactive ketones (excluding diaryl/α,β-unsaturated/α-hetero) is 1. The molecule has 0 unspecified atom stereocenters. The Kier molecular flexibility index (Phi) is 4.92. The first kappa shape index (κ1) is 21.8. The largest absolute Gasteiger partial charge is 0.299 e. The summed E-state index contributed by atoms with van der Waals surface area (Å²) in [5, 5.41) is 0. The van der Waals surface area contributed by atoms with Crippen LogP contribution in [0.5, 0.6) is 0 Å². The van der Waals surface area contributed by atoms with Crippen LogP contribution in [-0.4, -0.2) is 26.0 Å². The molecule has 0 spiro atoms. The Labute approximate surface area is 190 Å². The Morgan fingerprint density at radius 2 is 1.75 bits per heavy atom. The van der Waals surface area contributed by atoms with Gasteiger partial charge in [-0.25, -0.2) is 13.1 Å². The van der Waals surface area contributed by atoms with Gasteiger partial charge in [0.05, 0.1) is 4.90 Å². The van der Waals surface area contributed by atoms with Crippen LogP contribution in [0.25, 0.3) is 0 Å². The molecule has 170 valence electrons. The number of rotatable bonds is 3. The highest BCUT2D eigenvalue weighted by Gasteiger charge is 2.60. The molecule has 0 amide bonds. The fourth-order valence-corrected chi connectivity index (χ4v) is 8.37. The average Bonchev–Trinajstić information content (AvgIpc) is 3.04. The molecule has 1 N–H and O–H groups in total. The highest BCUT2D eigenvalue weighted by atomic mass is 32.2. The fraction of sp³-hybridized carbons (Fsp3) is 0.538. The number of aryl methyl sites for hydroxylation is 1. The Morgan fingerprint density at radius 3 is 2.47 bits per heavy atom. The molecule has 6 atom stereocenters. The van der Waals surface area contributed by atoms with E-state index in [9.17, 15) is 18.0 Å². The normalized spacial score (nSPS) is 38.7. The zero-order valence-electron chi connectivity index (χ0n) is 18.9. The van der Waals surface area contributed by atoms with E-state index in [1.54, 1.807) is 36.4 Å². The van der Waals surface area contributed by atoms with E-state index in [1.807, 2.05) is 13.0 Å². The van der Waals surface area contributed by atoms with Gasteiger partial charge in [0.25, 0.3) is 0 Å². The van der Waals surface area contributed by atoms with Crippen molar-refractivity contribution in [3.8, 4) is 0 Å². The third-order valence-corrected chi connectivity index (χ3v) is 10.4. The van der Waals surface area contributed by atoms with Crippen molar-refractivity contribution in [2.75, 3.05) is 0 Å². The van der Waals surface area contributed by atoms with E-state index >= 15 is 0 Å². The zero-order valence-corrected chi connectivity index (χ0v) is 19.7. The number of benzene rings is 1. The first-order valence-electron chi connectivity index (χ1n) is 11.6. The van der Waals surface area contributed by atoms with E-state index in [4.69, 9.17) is 0 Å². The summed E-state index contributed by atoms with van der Waals surface area (Å²) in [6.07, 6.45) is 9.20. The maximum atomic E-state index is 13.3. The Morgan fingerprint density at radius 1 is 1.03 bits per heavy atom. The molecule has 5 rings (SSSR count). The van der Waals surface area contributed by atoms with Gasteiger partial charge in [0.2, 0.25) is 10.0 Å². The van der Waals surface area contributed by atoms with Crippen LogP contribution in [0.1, 0.15) is 51.5 Å². The summed E-state index contributed by atoms with van der Waals surface area (Å²) in [6.45, 7) is 6.18. The van der Waals surface area contributed by atoms with E-state index in [1.165, 1.54) is 0 Å². The molecule has 4 aliphatic carbocycles. The van der Waals surface area contributed by atoms with Crippen molar-refractivity contribution in [3.63, 3.8) is 0 Å². The first-order chi connectivity index (χ1) is 15.0. The lowest BCUT2D eigenvalue weighted by molar-refractivity contribution is -0.131. The minimum Gasteiger partial charge on any atom is -0.299 e. The maximum Gasteiger partial charge on any atom is 0.241 e. The monoisotopic (exact) mass is 453 g/mol. The van der Waals surface area contributed by atoms with Gasteiger partial charge in [-0.1, -0.05) is 37.6 Å². The minimum atomic E-state index is -3.75. The van der Waals surface area contributed by atoms with Crippen molar-refractivity contribution >= 4 is 21.6 Å². The second-order valence-corrected chi connectivity index (χ2v) is 12.3. The average molecular weight is 454 g/mol. The van der Waals surface area contributed by atoms with Crippen LogP contribution in [0.4, 0.5) is 0 Å². The van der Waals surface area contributed by atoms with E-state index in [2.05, 4.69) is 18.6 Å². The second kappa shape index (κ2) is 7.22. The van der Waals surface area contributed by atoms with Crippen LogP contribution in [-0.2, 0) is 19.6 Å². The van der Waals surface area contributed by atoms with Gasteiger partial charge in [0.1, 0.15) is 5.78 Å². The molecule has 3 saturated carbocycles. The van der Waals surface area contributed by atoms with Gasteiger partial charge in [0.15, 0.2) is 5.78 Å². The maximum absolute atomic E-state index is 13.3. The number of nitrogens with one attached hydrogen (secondary N) is 1. The van der Waals surface area contributed by atoms with E-state index in [0.29, 0.717) is 24.5 Å². The van der Waals surface area contributed by atoms with Crippen molar-refractivity contribution in [1.29, 1.82) is 0 Å². The summed E-state index contributed by atoms with van der Waals surface area (Å²) >= 11 is 0. The number of ketones is 2. The quantitative estimate of drug-likeness (QED) is 0.746.